The van der Waals surface area contributed by atoms with Gasteiger partial charge in [-0.15, -0.1) is 0 Å². The van der Waals surface area contributed by atoms with Gasteiger partial charge in [0.2, 0.25) is 0 Å². The molecule has 1 saturated heterocycles. The van der Waals surface area contributed by atoms with Crippen molar-refractivity contribution >= 4 is 11.7 Å². The molecule has 0 radical (unpaired) electrons. The molecular formula is C18H23N5O. The van der Waals surface area contributed by atoms with Crippen LogP contribution in [0.4, 0.5) is 5.82 Å². The highest BCUT2D eigenvalue weighted by Gasteiger charge is 2.21. The molecule has 2 aromatic rings. The van der Waals surface area contributed by atoms with Crippen molar-refractivity contribution in [2.45, 2.75) is 33.2 Å². The number of anilines is 1. The summed E-state index contributed by atoms with van der Waals surface area (Å²) in [7, 11) is 1.94. The standard InChI is InChI=1S/C18H23N5O/c1-13-8-14(2)20-15(9-13)12-22(3)17-11-19-10-16(21-17)18(24)23-6-4-5-7-23/h8-11H,4-7,12H2,1-3H3. The van der Waals surface area contributed by atoms with Crippen molar-refractivity contribution in [2.24, 2.45) is 0 Å². The Morgan fingerprint density at radius 1 is 1.17 bits per heavy atom. The molecular weight excluding hydrogens is 302 g/mol. The summed E-state index contributed by atoms with van der Waals surface area (Å²) < 4.78 is 0. The molecule has 1 amide bonds. The Morgan fingerprint density at radius 3 is 2.62 bits per heavy atom. The van der Waals surface area contributed by atoms with E-state index in [-0.39, 0.29) is 5.91 Å². The first-order valence-electron chi connectivity index (χ1n) is 8.29. The normalized spacial score (nSPS) is 14.0. The van der Waals surface area contributed by atoms with Crippen LogP contribution in [0.25, 0.3) is 0 Å². The van der Waals surface area contributed by atoms with E-state index >= 15 is 0 Å². The Morgan fingerprint density at radius 2 is 1.92 bits per heavy atom. The van der Waals surface area contributed by atoms with Gasteiger partial charge in [0.05, 0.1) is 24.6 Å². The molecule has 1 fully saturated rings. The van der Waals surface area contributed by atoms with Crippen LogP contribution in [0.3, 0.4) is 0 Å². The molecule has 0 saturated carbocycles. The van der Waals surface area contributed by atoms with E-state index in [1.807, 2.05) is 23.8 Å². The van der Waals surface area contributed by atoms with E-state index in [1.165, 1.54) is 5.56 Å². The van der Waals surface area contributed by atoms with E-state index < -0.39 is 0 Å². The number of likely N-dealkylation sites (tertiary alicyclic amines) is 1. The third kappa shape index (κ3) is 3.69. The van der Waals surface area contributed by atoms with E-state index in [2.05, 4.69) is 34.0 Å². The van der Waals surface area contributed by atoms with Crippen molar-refractivity contribution in [1.82, 2.24) is 19.9 Å². The van der Waals surface area contributed by atoms with Gasteiger partial charge >= 0.3 is 0 Å². The van der Waals surface area contributed by atoms with Crippen LogP contribution >= 0.6 is 0 Å². The van der Waals surface area contributed by atoms with E-state index in [0.29, 0.717) is 18.1 Å². The molecule has 6 nitrogen and oxygen atoms in total. The van der Waals surface area contributed by atoms with Gasteiger partial charge in [0, 0.05) is 25.8 Å². The summed E-state index contributed by atoms with van der Waals surface area (Å²) in [5.41, 5.74) is 3.58. The largest absolute Gasteiger partial charge is 0.352 e. The third-order valence-corrected chi connectivity index (χ3v) is 4.18. The zero-order valence-corrected chi connectivity index (χ0v) is 14.5. The molecule has 1 aliphatic heterocycles. The molecule has 3 heterocycles. The van der Waals surface area contributed by atoms with Crippen LogP contribution in [0, 0.1) is 13.8 Å². The molecule has 126 valence electrons. The Hall–Kier alpha value is -2.50. The maximum absolute atomic E-state index is 12.5. The number of carbonyl (C=O) groups excluding carboxylic acids is 1. The zero-order chi connectivity index (χ0) is 17.1. The molecule has 2 aromatic heterocycles. The van der Waals surface area contributed by atoms with Gasteiger partial charge in [-0.3, -0.25) is 14.8 Å². The molecule has 24 heavy (non-hydrogen) atoms. The first kappa shape index (κ1) is 16.4. The number of carbonyl (C=O) groups is 1. The molecule has 0 spiro atoms. The van der Waals surface area contributed by atoms with Crippen molar-refractivity contribution in [1.29, 1.82) is 0 Å². The number of aryl methyl sites for hydroxylation is 2. The molecule has 1 aliphatic rings. The van der Waals surface area contributed by atoms with Gasteiger partial charge in [-0.1, -0.05) is 0 Å². The molecule has 0 N–H and O–H groups in total. The van der Waals surface area contributed by atoms with Crippen LogP contribution in [-0.4, -0.2) is 45.9 Å². The lowest BCUT2D eigenvalue weighted by Crippen LogP contribution is -2.29. The second kappa shape index (κ2) is 6.95. The SMILES string of the molecule is Cc1cc(C)nc(CN(C)c2cncc(C(=O)N3CCCC3)n2)c1. The minimum absolute atomic E-state index is 0.0280. The zero-order valence-electron chi connectivity index (χ0n) is 14.5. The summed E-state index contributed by atoms with van der Waals surface area (Å²) in [5, 5.41) is 0. The average Bonchev–Trinajstić information content (AvgIpc) is 3.07. The highest BCUT2D eigenvalue weighted by molar-refractivity contribution is 5.92. The minimum atomic E-state index is -0.0280. The van der Waals surface area contributed by atoms with Gasteiger partial charge in [-0.05, 0) is 44.4 Å². The van der Waals surface area contributed by atoms with Gasteiger partial charge in [0.1, 0.15) is 11.5 Å². The van der Waals surface area contributed by atoms with E-state index in [9.17, 15) is 4.79 Å². The van der Waals surface area contributed by atoms with Gasteiger partial charge in [-0.25, -0.2) is 4.98 Å². The number of nitrogens with zero attached hydrogens (tertiary/aromatic N) is 5. The monoisotopic (exact) mass is 325 g/mol. The fourth-order valence-electron chi connectivity index (χ4n) is 3.05. The summed E-state index contributed by atoms with van der Waals surface area (Å²) in [6.07, 6.45) is 5.37. The first-order valence-corrected chi connectivity index (χ1v) is 8.29. The van der Waals surface area contributed by atoms with Crippen molar-refractivity contribution < 1.29 is 4.79 Å². The topological polar surface area (TPSA) is 62.2 Å². The second-order valence-electron chi connectivity index (χ2n) is 6.40. The molecule has 0 aliphatic carbocycles. The highest BCUT2D eigenvalue weighted by atomic mass is 16.2. The molecule has 6 heteroatoms. The number of hydrogen-bond acceptors (Lipinski definition) is 5. The second-order valence-corrected chi connectivity index (χ2v) is 6.40. The molecule has 0 unspecified atom stereocenters. The van der Waals surface area contributed by atoms with Crippen molar-refractivity contribution in [3.05, 3.63) is 47.2 Å². The van der Waals surface area contributed by atoms with Gasteiger partial charge in [0.25, 0.3) is 5.91 Å². The van der Waals surface area contributed by atoms with Crippen molar-refractivity contribution in [3.63, 3.8) is 0 Å². The van der Waals surface area contributed by atoms with E-state index in [1.54, 1.807) is 12.4 Å². The number of rotatable bonds is 4. The van der Waals surface area contributed by atoms with Crippen LogP contribution < -0.4 is 4.90 Å². The maximum Gasteiger partial charge on any atom is 0.274 e. The van der Waals surface area contributed by atoms with Crippen LogP contribution in [0.1, 0.15) is 40.3 Å². The van der Waals surface area contributed by atoms with Crippen LogP contribution in [-0.2, 0) is 6.54 Å². The summed E-state index contributed by atoms with van der Waals surface area (Å²) in [5.74, 6) is 0.654. The summed E-state index contributed by atoms with van der Waals surface area (Å²) in [6.45, 7) is 6.30. The summed E-state index contributed by atoms with van der Waals surface area (Å²) in [6, 6.07) is 4.12. The average molecular weight is 325 g/mol. The van der Waals surface area contributed by atoms with E-state index in [4.69, 9.17) is 0 Å². The number of amides is 1. The molecule has 0 aromatic carbocycles. The lowest BCUT2D eigenvalue weighted by atomic mass is 10.2. The fourth-order valence-corrected chi connectivity index (χ4v) is 3.05. The third-order valence-electron chi connectivity index (χ3n) is 4.18. The van der Waals surface area contributed by atoms with E-state index in [0.717, 1.165) is 37.3 Å². The molecule has 0 bridgehead atoms. The van der Waals surface area contributed by atoms with Crippen LogP contribution in [0.5, 0.6) is 0 Å². The number of hydrogen-bond donors (Lipinski definition) is 0. The van der Waals surface area contributed by atoms with Crippen molar-refractivity contribution in [2.75, 3.05) is 25.0 Å². The predicted octanol–water partition coefficient (Wildman–Crippen LogP) is 2.36. The Balaban J connectivity index is 1.76. The molecule has 0 atom stereocenters. The molecule has 3 rings (SSSR count). The first-order chi connectivity index (χ1) is 11.5. The summed E-state index contributed by atoms with van der Waals surface area (Å²) >= 11 is 0. The lowest BCUT2D eigenvalue weighted by molar-refractivity contribution is 0.0786. The minimum Gasteiger partial charge on any atom is -0.352 e. The number of pyridine rings is 1. The van der Waals surface area contributed by atoms with Gasteiger partial charge in [0.15, 0.2) is 0 Å². The van der Waals surface area contributed by atoms with Gasteiger partial charge < -0.3 is 9.80 Å². The Kier molecular flexibility index (Phi) is 4.74. The Labute approximate surface area is 142 Å². The smallest absolute Gasteiger partial charge is 0.274 e. The summed E-state index contributed by atoms with van der Waals surface area (Å²) in [4.78, 5) is 29.5. The lowest BCUT2D eigenvalue weighted by Gasteiger charge is -2.19. The van der Waals surface area contributed by atoms with Crippen LogP contribution in [0.15, 0.2) is 24.5 Å². The maximum atomic E-state index is 12.5. The quantitative estimate of drug-likeness (QED) is 0.863. The van der Waals surface area contributed by atoms with Crippen LogP contribution in [0.2, 0.25) is 0 Å². The van der Waals surface area contributed by atoms with Crippen molar-refractivity contribution in [3.8, 4) is 0 Å². The highest BCUT2D eigenvalue weighted by Crippen LogP contribution is 2.15. The van der Waals surface area contributed by atoms with Gasteiger partial charge in [-0.2, -0.15) is 0 Å². The predicted molar refractivity (Wildman–Crippen MR) is 93.0 cm³/mol. The Bertz CT molecular complexity index is 720. The fraction of sp³-hybridized carbons (Fsp3) is 0.444. The number of aromatic nitrogens is 3.